The Hall–Kier alpha value is -2.90. The van der Waals surface area contributed by atoms with Crippen molar-refractivity contribution in [3.05, 3.63) is 29.6 Å². The second kappa shape index (κ2) is 6.47. The van der Waals surface area contributed by atoms with E-state index in [1.54, 1.807) is 18.2 Å². The number of hydrogen-bond acceptors (Lipinski definition) is 5. The van der Waals surface area contributed by atoms with Crippen molar-refractivity contribution in [2.45, 2.75) is 13.8 Å². The van der Waals surface area contributed by atoms with Crippen molar-refractivity contribution in [2.75, 3.05) is 25.3 Å². The molecule has 3 rings (SSSR count). The number of fused-ring (bicyclic) bond motifs is 1. The first-order valence-corrected chi connectivity index (χ1v) is 7.22. The van der Waals surface area contributed by atoms with Crippen molar-refractivity contribution < 1.29 is 19.0 Å². The summed E-state index contributed by atoms with van der Waals surface area (Å²) in [6, 6.07) is 5.06. The van der Waals surface area contributed by atoms with E-state index in [4.69, 9.17) is 14.2 Å². The van der Waals surface area contributed by atoms with Crippen LogP contribution in [0.4, 0.5) is 10.5 Å². The largest absolute Gasteiger partial charge is 0.492 e. The van der Waals surface area contributed by atoms with Crippen LogP contribution >= 0.6 is 0 Å². The van der Waals surface area contributed by atoms with Crippen LogP contribution in [0.5, 0.6) is 17.2 Å². The van der Waals surface area contributed by atoms with Crippen LogP contribution in [0.25, 0.3) is 0 Å². The summed E-state index contributed by atoms with van der Waals surface area (Å²) in [4.78, 5) is 11.8. The van der Waals surface area contributed by atoms with E-state index in [0.29, 0.717) is 36.1 Å². The lowest BCUT2D eigenvalue weighted by atomic mass is 10.3. The number of aromatic amines is 1. The van der Waals surface area contributed by atoms with Gasteiger partial charge in [-0.15, -0.1) is 0 Å². The van der Waals surface area contributed by atoms with E-state index in [-0.39, 0.29) is 12.8 Å². The molecule has 1 aliphatic heterocycles. The van der Waals surface area contributed by atoms with Crippen molar-refractivity contribution in [2.24, 2.45) is 0 Å². The van der Waals surface area contributed by atoms with Crippen molar-refractivity contribution in [1.82, 2.24) is 15.5 Å². The molecule has 0 aliphatic carbocycles. The number of ether oxygens (including phenoxy) is 3. The second-order valence-corrected chi connectivity index (χ2v) is 5.05. The fourth-order valence-corrected chi connectivity index (χ4v) is 2.19. The third-order valence-electron chi connectivity index (χ3n) is 3.37. The normalized spacial score (nSPS) is 12.1. The number of anilines is 1. The molecule has 23 heavy (non-hydrogen) atoms. The molecule has 1 aliphatic rings. The first kappa shape index (κ1) is 15.0. The molecule has 0 saturated heterocycles. The van der Waals surface area contributed by atoms with Gasteiger partial charge in [0.2, 0.25) is 6.79 Å². The Kier molecular flexibility index (Phi) is 4.22. The number of rotatable bonds is 5. The lowest BCUT2D eigenvalue weighted by molar-refractivity contribution is 0.173. The molecule has 0 spiro atoms. The number of carbonyl (C=O) groups is 1. The lowest BCUT2D eigenvalue weighted by Gasteiger charge is -2.09. The topological polar surface area (TPSA) is 97.5 Å². The molecular weight excluding hydrogens is 300 g/mol. The van der Waals surface area contributed by atoms with Crippen LogP contribution in [0.15, 0.2) is 18.2 Å². The number of nitrogens with zero attached hydrogens (tertiary/aromatic N) is 1. The summed E-state index contributed by atoms with van der Waals surface area (Å²) in [5, 5.41) is 12.3. The summed E-state index contributed by atoms with van der Waals surface area (Å²) in [5.74, 6) is 2.04. The highest BCUT2D eigenvalue weighted by atomic mass is 16.7. The van der Waals surface area contributed by atoms with Gasteiger partial charge in [-0.3, -0.25) is 5.10 Å². The average molecular weight is 318 g/mol. The molecule has 0 saturated carbocycles. The fraction of sp³-hybridized carbons (Fsp3) is 0.333. The van der Waals surface area contributed by atoms with Crippen LogP contribution in [0, 0.1) is 13.8 Å². The van der Waals surface area contributed by atoms with E-state index in [1.807, 2.05) is 13.8 Å². The Morgan fingerprint density at radius 3 is 2.96 bits per heavy atom. The zero-order valence-electron chi connectivity index (χ0n) is 12.9. The van der Waals surface area contributed by atoms with Gasteiger partial charge in [-0.25, -0.2) is 4.79 Å². The Morgan fingerprint density at radius 1 is 1.35 bits per heavy atom. The molecule has 0 unspecified atom stereocenters. The van der Waals surface area contributed by atoms with E-state index in [2.05, 4.69) is 20.8 Å². The maximum Gasteiger partial charge on any atom is 0.319 e. The number of hydrogen-bond donors (Lipinski definition) is 3. The van der Waals surface area contributed by atoms with Gasteiger partial charge in [-0.2, -0.15) is 5.10 Å². The smallest absolute Gasteiger partial charge is 0.319 e. The molecule has 122 valence electrons. The SMILES string of the molecule is Cc1n[nH]c(C)c1NC(=O)NCCOc1ccc2c(c1)OCO2. The number of benzene rings is 1. The van der Waals surface area contributed by atoms with Crippen LogP contribution < -0.4 is 24.8 Å². The molecule has 8 heteroatoms. The Balaban J connectivity index is 1.42. The summed E-state index contributed by atoms with van der Waals surface area (Å²) in [6.07, 6.45) is 0. The summed E-state index contributed by atoms with van der Waals surface area (Å²) in [7, 11) is 0. The van der Waals surface area contributed by atoms with Gasteiger partial charge in [-0.05, 0) is 26.0 Å². The van der Waals surface area contributed by atoms with E-state index >= 15 is 0 Å². The van der Waals surface area contributed by atoms with Gasteiger partial charge in [0.25, 0.3) is 0 Å². The Morgan fingerprint density at radius 2 is 2.17 bits per heavy atom. The molecular formula is C15H18N4O4. The van der Waals surface area contributed by atoms with Crippen LogP contribution in [-0.2, 0) is 0 Å². The van der Waals surface area contributed by atoms with Gasteiger partial charge in [0.15, 0.2) is 11.5 Å². The Labute approximate surface area is 133 Å². The maximum atomic E-state index is 11.8. The summed E-state index contributed by atoms with van der Waals surface area (Å²) >= 11 is 0. The van der Waals surface area contributed by atoms with Gasteiger partial charge >= 0.3 is 6.03 Å². The van der Waals surface area contributed by atoms with Gasteiger partial charge in [0.05, 0.1) is 23.6 Å². The van der Waals surface area contributed by atoms with Gasteiger partial charge < -0.3 is 24.8 Å². The monoisotopic (exact) mass is 318 g/mol. The standard InChI is InChI=1S/C15H18N4O4/c1-9-14(10(2)19-18-9)17-15(20)16-5-6-21-11-3-4-12-13(7-11)23-8-22-12/h3-4,7H,5-6,8H2,1-2H3,(H,18,19)(H2,16,17,20). The predicted octanol–water partition coefficient (Wildman–Crippen LogP) is 1.96. The van der Waals surface area contributed by atoms with E-state index in [9.17, 15) is 4.79 Å². The molecule has 0 fully saturated rings. The van der Waals surface area contributed by atoms with Crippen molar-refractivity contribution in [3.8, 4) is 17.2 Å². The Bertz CT molecular complexity index is 694. The number of amides is 2. The minimum absolute atomic E-state index is 0.230. The van der Waals surface area contributed by atoms with Gasteiger partial charge in [-0.1, -0.05) is 0 Å². The lowest BCUT2D eigenvalue weighted by Crippen LogP contribution is -2.32. The molecule has 8 nitrogen and oxygen atoms in total. The van der Waals surface area contributed by atoms with E-state index in [1.165, 1.54) is 0 Å². The first-order chi connectivity index (χ1) is 11.1. The van der Waals surface area contributed by atoms with Crippen LogP contribution in [0.2, 0.25) is 0 Å². The van der Waals surface area contributed by atoms with Crippen LogP contribution in [0.3, 0.4) is 0 Å². The summed E-state index contributed by atoms with van der Waals surface area (Å²) < 4.78 is 16.1. The molecule has 1 aromatic heterocycles. The molecule has 2 aromatic rings. The van der Waals surface area contributed by atoms with E-state index < -0.39 is 0 Å². The molecule has 0 bridgehead atoms. The molecule has 2 heterocycles. The summed E-state index contributed by atoms with van der Waals surface area (Å²) in [5.41, 5.74) is 2.25. The van der Waals surface area contributed by atoms with Crippen molar-refractivity contribution in [1.29, 1.82) is 0 Å². The average Bonchev–Trinajstić information content (AvgIpc) is 3.12. The highest BCUT2D eigenvalue weighted by molar-refractivity contribution is 5.90. The zero-order chi connectivity index (χ0) is 16.2. The van der Waals surface area contributed by atoms with Crippen LogP contribution in [-0.4, -0.2) is 36.2 Å². The number of urea groups is 1. The van der Waals surface area contributed by atoms with Gasteiger partial charge in [0, 0.05) is 6.07 Å². The third kappa shape index (κ3) is 3.47. The highest BCUT2D eigenvalue weighted by Crippen LogP contribution is 2.34. The quantitative estimate of drug-likeness (QED) is 0.732. The minimum Gasteiger partial charge on any atom is -0.492 e. The van der Waals surface area contributed by atoms with Gasteiger partial charge in [0.1, 0.15) is 12.4 Å². The maximum absolute atomic E-state index is 11.8. The number of carbonyl (C=O) groups excluding carboxylic acids is 1. The number of nitrogens with one attached hydrogen (secondary N) is 3. The molecule has 1 aromatic carbocycles. The van der Waals surface area contributed by atoms with Crippen molar-refractivity contribution >= 4 is 11.7 Å². The highest BCUT2D eigenvalue weighted by Gasteiger charge is 2.13. The minimum atomic E-state index is -0.299. The molecule has 3 N–H and O–H groups in total. The zero-order valence-corrected chi connectivity index (χ0v) is 12.9. The van der Waals surface area contributed by atoms with Crippen LogP contribution in [0.1, 0.15) is 11.4 Å². The first-order valence-electron chi connectivity index (χ1n) is 7.22. The van der Waals surface area contributed by atoms with E-state index in [0.717, 1.165) is 11.4 Å². The summed E-state index contributed by atoms with van der Waals surface area (Å²) in [6.45, 7) is 4.61. The number of aromatic nitrogens is 2. The van der Waals surface area contributed by atoms with Crippen molar-refractivity contribution in [3.63, 3.8) is 0 Å². The molecule has 0 atom stereocenters. The number of H-pyrrole nitrogens is 1. The second-order valence-electron chi connectivity index (χ2n) is 5.05. The fourth-order valence-electron chi connectivity index (χ4n) is 2.19. The molecule has 0 radical (unpaired) electrons. The third-order valence-corrected chi connectivity index (χ3v) is 3.37. The number of aryl methyl sites for hydroxylation is 2. The molecule has 2 amide bonds. The predicted molar refractivity (Wildman–Crippen MR) is 83.1 cm³/mol.